The number of hydrogen-bond acceptors (Lipinski definition) is 3. The Kier molecular flexibility index (Phi) is 12.8. The Hall–Kier alpha value is 1.34. The molecule has 19 heavy (non-hydrogen) atoms. The van der Waals surface area contributed by atoms with Crippen LogP contribution in [0.25, 0.3) is 0 Å². The first-order valence-corrected chi connectivity index (χ1v) is 11.4. The van der Waals surface area contributed by atoms with Gasteiger partial charge in [0.1, 0.15) is 0 Å². The summed E-state index contributed by atoms with van der Waals surface area (Å²) in [6, 6.07) is 0.667. The molecular formula is C14H32I2N3-. The van der Waals surface area contributed by atoms with Crippen molar-refractivity contribution in [1.29, 1.82) is 0 Å². The van der Waals surface area contributed by atoms with E-state index in [9.17, 15) is 0 Å². The van der Waals surface area contributed by atoms with Gasteiger partial charge < -0.3 is 0 Å². The van der Waals surface area contributed by atoms with Crippen LogP contribution in [0.5, 0.6) is 0 Å². The van der Waals surface area contributed by atoms with Gasteiger partial charge in [-0.3, -0.25) is 0 Å². The van der Waals surface area contributed by atoms with Crippen molar-refractivity contribution >= 4 is 22.9 Å². The van der Waals surface area contributed by atoms with Gasteiger partial charge in [0.25, 0.3) is 0 Å². The molecule has 0 N–H and O–H groups in total. The Labute approximate surface area is 145 Å². The molecule has 0 aliphatic heterocycles. The normalized spacial score (nSPS) is 14.3. The first-order chi connectivity index (χ1) is 8.96. The molecule has 0 aromatic heterocycles. The maximum absolute atomic E-state index is 2.68. The van der Waals surface area contributed by atoms with E-state index < -0.39 is 0 Å². The van der Waals surface area contributed by atoms with Gasteiger partial charge in [-0.2, -0.15) is 0 Å². The van der Waals surface area contributed by atoms with E-state index in [1.807, 2.05) is 0 Å². The Balaban J connectivity index is 3.99. The molecule has 0 fully saturated rings. The molecule has 118 valence electrons. The second-order valence-corrected chi connectivity index (χ2v) is 8.78. The number of nitrogens with zero attached hydrogens (tertiary/aromatic N) is 3. The summed E-state index contributed by atoms with van der Waals surface area (Å²) in [7, 11) is 0. The fourth-order valence-electron chi connectivity index (χ4n) is 1.80. The molecule has 0 aliphatic rings. The number of hydrogen-bond donors (Lipinski definition) is 0. The van der Waals surface area contributed by atoms with Crippen molar-refractivity contribution < 1.29 is 21.5 Å². The van der Waals surface area contributed by atoms with Gasteiger partial charge in [0.2, 0.25) is 0 Å². The minimum absolute atomic E-state index is 0.208. The summed E-state index contributed by atoms with van der Waals surface area (Å²) in [5.74, 6) is 0.734. The molecule has 0 saturated heterocycles. The van der Waals surface area contributed by atoms with Crippen molar-refractivity contribution in [3.05, 3.63) is 0 Å². The van der Waals surface area contributed by atoms with Gasteiger partial charge in [0.15, 0.2) is 0 Å². The van der Waals surface area contributed by atoms with E-state index in [2.05, 4.69) is 73.5 Å². The molecule has 3 nitrogen and oxygen atoms in total. The van der Waals surface area contributed by atoms with Crippen molar-refractivity contribution in [3.8, 4) is 0 Å². The van der Waals surface area contributed by atoms with Gasteiger partial charge in [0, 0.05) is 0 Å². The van der Waals surface area contributed by atoms with E-state index in [0.717, 1.165) is 5.92 Å². The Morgan fingerprint density at radius 1 is 0.947 bits per heavy atom. The van der Waals surface area contributed by atoms with Gasteiger partial charge in [-0.25, -0.2) is 0 Å². The quantitative estimate of drug-likeness (QED) is 0.226. The van der Waals surface area contributed by atoms with Gasteiger partial charge >= 0.3 is 146 Å². The SMILES string of the molecule is CCN(CC)CCN(CCN(I)C(C)C(C)C)[I-]C. The van der Waals surface area contributed by atoms with E-state index in [4.69, 9.17) is 0 Å². The molecule has 0 aliphatic carbocycles. The molecule has 0 saturated carbocycles. The summed E-state index contributed by atoms with van der Waals surface area (Å²) in [6.45, 7) is 18.7. The third-order valence-corrected chi connectivity index (χ3v) is 7.45. The fraction of sp³-hybridized carbons (Fsp3) is 1.00. The summed E-state index contributed by atoms with van der Waals surface area (Å²) in [6.07, 6.45) is 0. The zero-order valence-corrected chi connectivity index (χ0v) is 17.8. The summed E-state index contributed by atoms with van der Waals surface area (Å²) < 4.78 is 5.15. The van der Waals surface area contributed by atoms with Crippen LogP contribution in [0.3, 0.4) is 0 Å². The van der Waals surface area contributed by atoms with Gasteiger partial charge in [-0.1, -0.05) is 0 Å². The van der Waals surface area contributed by atoms with Crippen LogP contribution >= 0.6 is 22.9 Å². The average molecular weight is 496 g/mol. The van der Waals surface area contributed by atoms with Gasteiger partial charge in [0.05, 0.1) is 0 Å². The third-order valence-electron chi connectivity index (χ3n) is 3.76. The third kappa shape index (κ3) is 9.06. The zero-order valence-electron chi connectivity index (χ0n) is 13.5. The molecule has 0 amide bonds. The van der Waals surface area contributed by atoms with E-state index in [-0.39, 0.29) is 21.5 Å². The Morgan fingerprint density at radius 2 is 1.47 bits per heavy atom. The fourth-order valence-corrected chi connectivity index (χ4v) is 4.06. The summed E-state index contributed by atoms with van der Waals surface area (Å²) in [4.78, 5) is 4.90. The van der Waals surface area contributed by atoms with Crippen molar-refractivity contribution in [2.75, 3.05) is 44.2 Å². The van der Waals surface area contributed by atoms with Crippen LogP contribution in [0.15, 0.2) is 0 Å². The van der Waals surface area contributed by atoms with Crippen LogP contribution in [-0.4, -0.2) is 61.4 Å². The molecule has 0 aromatic rings. The van der Waals surface area contributed by atoms with E-state index in [0.29, 0.717) is 6.04 Å². The predicted molar refractivity (Wildman–Crippen MR) is 90.3 cm³/mol. The number of halogens is 2. The van der Waals surface area contributed by atoms with E-state index >= 15 is 0 Å². The van der Waals surface area contributed by atoms with Crippen molar-refractivity contribution in [3.63, 3.8) is 0 Å². The van der Waals surface area contributed by atoms with Crippen LogP contribution in [0.4, 0.5) is 0 Å². The molecule has 1 atom stereocenters. The Bertz CT molecular complexity index is 211. The second kappa shape index (κ2) is 11.9. The maximum atomic E-state index is 2.68. The average Bonchev–Trinajstić information content (AvgIpc) is 2.41. The topological polar surface area (TPSA) is 9.72 Å². The van der Waals surface area contributed by atoms with Crippen LogP contribution in [0, 0.1) is 5.92 Å². The van der Waals surface area contributed by atoms with Crippen LogP contribution in [-0.2, 0) is 0 Å². The van der Waals surface area contributed by atoms with Crippen molar-refractivity contribution in [1.82, 2.24) is 11.1 Å². The number of likely N-dealkylation sites (N-methyl/N-ethyl adjacent to an activating group) is 1. The first-order valence-electron chi connectivity index (χ1n) is 7.35. The minimum atomic E-state index is 0.208. The van der Waals surface area contributed by atoms with Crippen molar-refractivity contribution in [2.45, 2.75) is 40.7 Å². The molecule has 0 bridgehead atoms. The number of rotatable bonds is 11. The Morgan fingerprint density at radius 3 is 1.89 bits per heavy atom. The van der Waals surface area contributed by atoms with Crippen LogP contribution < -0.4 is 21.5 Å². The summed E-state index contributed by atoms with van der Waals surface area (Å²) in [5.41, 5.74) is 0. The van der Waals surface area contributed by atoms with Crippen molar-refractivity contribution in [2.24, 2.45) is 5.92 Å². The second-order valence-electron chi connectivity index (χ2n) is 5.21. The summed E-state index contributed by atoms with van der Waals surface area (Å²) in [5, 5.41) is 0. The molecule has 0 spiro atoms. The molecule has 0 aromatic carbocycles. The predicted octanol–water partition coefficient (Wildman–Crippen LogP) is -0.0395. The molecule has 0 radical (unpaired) electrons. The first kappa shape index (κ1) is 20.3. The molecule has 5 heteroatoms. The zero-order chi connectivity index (χ0) is 14.8. The monoisotopic (exact) mass is 496 g/mol. The van der Waals surface area contributed by atoms with Gasteiger partial charge in [-0.15, -0.1) is 0 Å². The molecule has 1 unspecified atom stereocenters. The summed E-state index contributed by atoms with van der Waals surface area (Å²) >= 11 is 2.71. The van der Waals surface area contributed by atoms with Crippen LogP contribution in [0.1, 0.15) is 34.6 Å². The van der Waals surface area contributed by atoms with E-state index in [1.54, 1.807) is 0 Å². The van der Waals surface area contributed by atoms with E-state index in [1.165, 1.54) is 39.3 Å². The molecule has 0 rings (SSSR count). The molecular weight excluding hydrogens is 464 g/mol. The van der Waals surface area contributed by atoms with Gasteiger partial charge in [-0.05, 0) is 0 Å². The standard InChI is InChI=1S/C14H32I2N3/c1-7-17(8-2)9-10-18(16-6)11-12-19(15)14(5)13(3)4/h13-14H,7-12H2,1-6H3/q-1. The molecule has 0 heterocycles. The van der Waals surface area contributed by atoms with Crippen LogP contribution in [0.2, 0.25) is 0 Å². The number of alkyl halides is 1.